The van der Waals surface area contributed by atoms with Crippen molar-refractivity contribution in [2.75, 3.05) is 6.54 Å². The minimum atomic E-state index is 0.633. The van der Waals surface area contributed by atoms with Crippen LogP contribution in [-0.2, 0) is 0 Å². The van der Waals surface area contributed by atoms with Gasteiger partial charge in [-0.1, -0.05) is 47.0 Å². The van der Waals surface area contributed by atoms with Gasteiger partial charge in [0.05, 0.1) is 0 Å². The summed E-state index contributed by atoms with van der Waals surface area (Å²) in [6.07, 6.45) is 5.81. The van der Waals surface area contributed by atoms with Gasteiger partial charge in [0.2, 0.25) is 0 Å². The zero-order valence-corrected chi connectivity index (χ0v) is 11.6. The summed E-state index contributed by atoms with van der Waals surface area (Å²) in [6.45, 7) is 9.75. The zero-order chi connectivity index (χ0) is 12.4. The molecule has 0 amide bonds. The number of rotatable bonds is 7. The highest BCUT2D eigenvalue weighted by Gasteiger charge is 2.23. The van der Waals surface area contributed by atoms with E-state index in [4.69, 9.17) is 5.73 Å². The Kier molecular flexibility index (Phi) is 9.43. The van der Waals surface area contributed by atoms with Gasteiger partial charge < -0.3 is 5.73 Å². The van der Waals surface area contributed by atoms with Crippen LogP contribution < -0.4 is 5.73 Å². The summed E-state index contributed by atoms with van der Waals surface area (Å²) in [5, 5.41) is 0. The first kappa shape index (κ1) is 15.5. The summed E-state index contributed by atoms with van der Waals surface area (Å²) in [4.78, 5) is 0. The van der Waals surface area contributed by atoms with Gasteiger partial charge in [-0.15, -0.1) is 11.8 Å². The molecule has 0 fully saturated rings. The second-order valence-corrected chi connectivity index (χ2v) is 4.75. The maximum absolute atomic E-state index is 5.81. The van der Waals surface area contributed by atoms with Gasteiger partial charge in [-0.25, -0.2) is 0 Å². The Balaban J connectivity index is 4.44. The summed E-state index contributed by atoms with van der Waals surface area (Å²) in [5.41, 5.74) is 5.81. The van der Waals surface area contributed by atoms with E-state index in [9.17, 15) is 0 Å². The molecule has 0 unspecified atom stereocenters. The van der Waals surface area contributed by atoms with Crippen molar-refractivity contribution in [1.82, 2.24) is 0 Å². The molecule has 0 aliphatic heterocycles. The third-order valence-corrected chi connectivity index (χ3v) is 3.52. The van der Waals surface area contributed by atoms with Crippen LogP contribution in [0.1, 0.15) is 59.8 Å². The molecule has 0 bridgehead atoms. The first-order valence-electron chi connectivity index (χ1n) is 6.86. The summed E-state index contributed by atoms with van der Waals surface area (Å²) in [7, 11) is 0. The number of hydrogen-bond donors (Lipinski definition) is 1. The monoisotopic (exact) mass is 223 g/mol. The number of hydrogen-bond acceptors (Lipinski definition) is 1. The largest absolute Gasteiger partial charge is 0.330 e. The lowest BCUT2D eigenvalue weighted by atomic mass is 9.77. The molecule has 2 N–H and O–H groups in total. The summed E-state index contributed by atoms with van der Waals surface area (Å²) >= 11 is 0. The van der Waals surface area contributed by atoms with E-state index in [0.29, 0.717) is 5.92 Å². The molecule has 0 radical (unpaired) electrons. The second kappa shape index (κ2) is 9.73. The van der Waals surface area contributed by atoms with E-state index in [0.717, 1.165) is 31.2 Å². The molecule has 0 aromatic heterocycles. The molecule has 0 rings (SSSR count). The summed E-state index contributed by atoms with van der Waals surface area (Å²) in [5.74, 6) is 8.62. The maximum Gasteiger partial charge on any atom is 0.0120 e. The lowest BCUT2D eigenvalue weighted by Crippen LogP contribution is -2.27. The fourth-order valence-corrected chi connectivity index (χ4v) is 2.42. The highest BCUT2D eigenvalue weighted by molar-refractivity contribution is 5.00. The van der Waals surface area contributed by atoms with Crippen molar-refractivity contribution in [2.45, 2.75) is 59.8 Å². The van der Waals surface area contributed by atoms with Gasteiger partial charge in [0.15, 0.2) is 0 Å². The number of nitrogens with two attached hydrogens (primary N) is 1. The van der Waals surface area contributed by atoms with Crippen LogP contribution in [-0.4, -0.2) is 6.54 Å². The molecule has 0 aliphatic carbocycles. The molecule has 0 spiro atoms. The summed E-state index contributed by atoms with van der Waals surface area (Å²) < 4.78 is 0. The third kappa shape index (κ3) is 5.56. The van der Waals surface area contributed by atoms with Crippen molar-refractivity contribution in [2.24, 2.45) is 23.5 Å². The normalized spacial score (nSPS) is 16.1. The molecule has 0 aromatic rings. The highest BCUT2D eigenvalue weighted by Crippen LogP contribution is 2.30. The van der Waals surface area contributed by atoms with Crippen molar-refractivity contribution in [3.8, 4) is 11.8 Å². The Bertz CT molecular complexity index is 211. The molecule has 0 saturated carbocycles. The minimum Gasteiger partial charge on any atom is -0.330 e. The van der Waals surface area contributed by atoms with Crippen LogP contribution in [0.5, 0.6) is 0 Å². The van der Waals surface area contributed by atoms with Crippen LogP contribution in [0.15, 0.2) is 0 Å². The minimum absolute atomic E-state index is 0.633. The van der Waals surface area contributed by atoms with Gasteiger partial charge >= 0.3 is 0 Å². The Morgan fingerprint density at radius 1 is 1.12 bits per heavy atom. The summed E-state index contributed by atoms with van der Waals surface area (Å²) in [6, 6.07) is 0. The second-order valence-electron chi connectivity index (χ2n) is 4.75. The quantitative estimate of drug-likeness (QED) is 0.652. The van der Waals surface area contributed by atoms with E-state index in [1.807, 2.05) is 0 Å². The van der Waals surface area contributed by atoms with Crippen molar-refractivity contribution in [3.05, 3.63) is 0 Å². The van der Waals surface area contributed by atoms with Crippen LogP contribution in [0.4, 0.5) is 0 Å². The Hall–Kier alpha value is -0.480. The molecule has 1 nitrogen and oxygen atoms in total. The first-order valence-corrected chi connectivity index (χ1v) is 6.86. The molecule has 0 aromatic carbocycles. The predicted molar refractivity (Wildman–Crippen MR) is 73.1 cm³/mol. The van der Waals surface area contributed by atoms with Gasteiger partial charge in [0.25, 0.3) is 0 Å². The van der Waals surface area contributed by atoms with E-state index < -0.39 is 0 Å². The molecule has 94 valence electrons. The smallest absolute Gasteiger partial charge is 0.0120 e. The maximum atomic E-state index is 5.81. The van der Waals surface area contributed by atoms with Crippen LogP contribution >= 0.6 is 0 Å². The van der Waals surface area contributed by atoms with Crippen molar-refractivity contribution < 1.29 is 0 Å². The fraction of sp³-hybridized carbons (Fsp3) is 0.867. The molecular formula is C15H29N. The zero-order valence-electron chi connectivity index (χ0n) is 11.6. The molecule has 3 atom stereocenters. The Morgan fingerprint density at radius 3 is 2.25 bits per heavy atom. The molecule has 0 aliphatic rings. The van der Waals surface area contributed by atoms with Crippen LogP contribution in [0.3, 0.4) is 0 Å². The van der Waals surface area contributed by atoms with Gasteiger partial charge in [-0.05, 0) is 24.3 Å². The van der Waals surface area contributed by atoms with Gasteiger partial charge in [-0.2, -0.15) is 0 Å². The van der Waals surface area contributed by atoms with E-state index in [-0.39, 0.29) is 0 Å². The molecule has 0 saturated heterocycles. The average molecular weight is 223 g/mol. The predicted octanol–water partition coefficient (Wildman–Crippen LogP) is 3.83. The van der Waals surface area contributed by atoms with Gasteiger partial charge in [-0.3, -0.25) is 0 Å². The molecular weight excluding hydrogens is 194 g/mol. The topological polar surface area (TPSA) is 26.0 Å². The van der Waals surface area contributed by atoms with Crippen molar-refractivity contribution >= 4 is 0 Å². The van der Waals surface area contributed by atoms with E-state index in [2.05, 4.69) is 39.5 Å². The lowest BCUT2D eigenvalue weighted by Gasteiger charge is -2.29. The van der Waals surface area contributed by atoms with E-state index >= 15 is 0 Å². The highest BCUT2D eigenvalue weighted by atomic mass is 14.6. The van der Waals surface area contributed by atoms with Crippen molar-refractivity contribution in [1.29, 1.82) is 0 Å². The van der Waals surface area contributed by atoms with Gasteiger partial charge in [0.1, 0.15) is 0 Å². The SMILES string of the molecule is CCC#CC[C@@H](CC)[C@H](CCC)[C@H](C)CN. The lowest BCUT2D eigenvalue weighted by molar-refractivity contribution is 0.223. The third-order valence-electron chi connectivity index (χ3n) is 3.52. The van der Waals surface area contributed by atoms with E-state index in [1.54, 1.807) is 0 Å². The van der Waals surface area contributed by atoms with Crippen LogP contribution in [0.2, 0.25) is 0 Å². The van der Waals surface area contributed by atoms with Crippen LogP contribution in [0, 0.1) is 29.6 Å². The first-order chi connectivity index (χ1) is 7.71. The molecule has 0 heterocycles. The Morgan fingerprint density at radius 2 is 1.81 bits per heavy atom. The standard InChI is InChI=1S/C15H29N/c1-5-8-9-11-14(7-3)15(10-6-2)13(4)12-16/h13-15H,5-7,10-12,16H2,1-4H3/t13-,14-,15-/m1/s1. The Labute approximate surface area is 102 Å². The molecule has 16 heavy (non-hydrogen) atoms. The fourth-order valence-electron chi connectivity index (χ4n) is 2.42. The molecule has 1 heteroatoms. The van der Waals surface area contributed by atoms with E-state index in [1.165, 1.54) is 19.3 Å². The van der Waals surface area contributed by atoms with Crippen LogP contribution in [0.25, 0.3) is 0 Å². The average Bonchev–Trinajstić information content (AvgIpc) is 2.31. The van der Waals surface area contributed by atoms with Gasteiger partial charge in [0, 0.05) is 12.8 Å². The van der Waals surface area contributed by atoms with Crippen molar-refractivity contribution in [3.63, 3.8) is 0 Å².